The molecule has 1 aromatic carbocycles. The SMILES string of the molecule is Cc1nn(CC(O)COc2ccc(C(C)(C)C)cc2)c(=O)c2noc(C)c12. The van der Waals surface area contributed by atoms with Crippen LogP contribution in [0, 0.1) is 13.8 Å². The molecule has 1 N–H and O–H groups in total. The zero-order valence-electron chi connectivity index (χ0n) is 16.3. The maximum absolute atomic E-state index is 12.5. The van der Waals surface area contributed by atoms with Crippen LogP contribution in [0.4, 0.5) is 0 Å². The number of aliphatic hydroxyl groups excluding tert-OH is 1. The highest BCUT2D eigenvalue weighted by Crippen LogP contribution is 2.24. The second-order valence-electron chi connectivity index (χ2n) is 7.77. The van der Waals surface area contributed by atoms with Gasteiger partial charge in [0.1, 0.15) is 24.2 Å². The number of fused-ring (bicyclic) bond motifs is 1. The van der Waals surface area contributed by atoms with Crippen LogP contribution in [0.25, 0.3) is 10.9 Å². The van der Waals surface area contributed by atoms with E-state index in [1.807, 2.05) is 24.3 Å². The van der Waals surface area contributed by atoms with Crippen LogP contribution >= 0.6 is 0 Å². The number of aliphatic hydroxyl groups is 1. The average Bonchev–Trinajstić information content (AvgIpc) is 3.00. The average molecular weight is 371 g/mol. The first-order valence-corrected chi connectivity index (χ1v) is 8.92. The molecule has 144 valence electrons. The van der Waals surface area contributed by atoms with Gasteiger partial charge in [0.2, 0.25) is 0 Å². The van der Waals surface area contributed by atoms with Crippen molar-refractivity contribution < 1.29 is 14.4 Å². The van der Waals surface area contributed by atoms with Gasteiger partial charge in [-0.15, -0.1) is 0 Å². The molecular formula is C20H25N3O4. The van der Waals surface area contributed by atoms with Crippen LogP contribution in [0.3, 0.4) is 0 Å². The second-order valence-corrected chi connectivity index (χ2v) is 7.77. The van der Waals surface area contributed by atoms with Crippen molar-refractivity contribution in [3.8, 4) is 5.75 Å². The largest absolute Gasteiger partial charge is 0.491 e. The van der Waals surface area contributed by atoms with Crippen molar-refractivity contribution in [2.45, 2.75) is 52.7 Å². The molecule has 0 aliphatic heterocycles. The molecule has 0 aliphatic carbocycles. The van der Waals surface area contributed by atoms with E-state index in [4.69, 9.17) is 9.26 Å². The number of hydrogen-bond donors (Lipinski definition) is 1. The summed E-state index contributed by atoms with van der Waals surface area (Å²) in [5.41, 5.74) is 1.75. The normalized spacial score (nSPS) is 13.1. The Bertz CT molecular complexity index is 997. The molecule has 0 saturated heterocycles. The van der Waals surface area contributed by atoms with E-state index in [-0.39, 0.29) is 29.6 Å². The van der Waals surface area contributed by atoms with Crippen LogP contribution in [0.15, 0.2) is 33.6 Å². The van der Waals surface area contributed by atoms with Crippen molar-refractivity contribution >= 4 is 10.9 Å². The van der Waals surface area contributed by atoms with E-state index in [1.54, 1.807) is 13.8 Å². The lowest BCUT2D eigenvalue weighted by molar-refractivity contribution is 0.0880. The molecule has 0 radical (unpaired) electrons. The number of benzene rings is 1. The Kier molecular flexibility index (Phi) is 5.06. The van der Waals surface area contributed by atoms with Crippen molar-refractivity contribution in [2.75, 3.05) is 6.61 Å². The molecule has 0 bridgehead atoms. The van der Waals surface area contributed by atoms with Crippen molar-refractivity contribution in [1.82, 2.24) is 14.9 Å². The van der Waals surface area contributed by atoms with Gasteiger partial charge in [-0.3, -0.25) is 4.79 Å². The Balaban J connectivity index is 1.68. The first kappa shape index (κ1) is 19.1. The lowest BCUT2D eigenvalue weighted by atomic mass is 9.87. The Morgan fingerprint density at radius 3 is 2.52 bits per heavy atom. The van der Waals surface area contributed by atoms with Gasteiger partial charge in [-0.05, 0) is 37.0 Å². The smallest absolute Gasteiger partial charge is 0.296 e. The maximum atomic E-state index is 12.5. The lowest BCUT2D eigenvalue weighted by Crippen LogP contribution is -2.32. The van der Waals surface area contributed by atoms with Gasteiger partial charge in [0.25, 0.3) is 5.56 Å². The van der Waals surface area contributed by atoms with Crippen LogP contribution in [0.2, 0.25) is 0 Å². The van der Waals surface area contributed by atoms with Crippen LogP contribution in [0.5, 0.6) is 5.75 Å². The molecule has 0 saturated carbocycles. The summed E-state index contributed by atoms with van der Waals surface area (Å²) in [5.74, 6) is 1.22. The maximum Gasteiger partial charge on any atom is 0.296 e. The standard InChI is InChI=1S/C20H25N3O4/c1-12-17-13(2)27-22-18(17)19(25)23(21-12)10-15(24)11-26-16-8-6-14(7-9-16)20(3,4)5/h6-9,15,24H,10-11H2,1-5H3. The van der Waals surface area contributed by atoms with E-state index < -0.39 is 6.10 Å². The molecule has 0 aliphatic rings. The number of hydrogen-bond acceptors (Lipinski definition) is 6. The minimum absolute atomic E-state index is 0.0155. The molecule has 1 atom stereocenters. The third-order valence-electron chi connectivity index (χ3n) is 4.48. The highest BCUT2D eigenvalue weighted by atomic mass is 16.5. The summed E-state index contributed by atoms with van der Waals surface area (Å²) in [5, 5.41) is 19.0. The molecule has 3 rings (SSSR count). The number of ether oxygens (including phenoxy) is 1. The Morgan fingerprint density at radius 1 is 1.22 bits per heavy atom. The summed E-state index contributed by atoms with van der Waals surface area (Å²) in [6.07, 6.45) is -0.887. The van der Waals surface area contributed by atoms with E-state index in [0.29, 0.717) is 22.6 Å². The Labute approximate surface area is 157 Å². The molecule has 3 aromatic rings. The number of nitrogens with zero attached hydrogens (tertiary/aromatic N) is 3. The molecule has 7 heteroatoms. The van der Waals surface area contributed by atoms with Gasteiger partial charge in [0, 0.05) is 0 Å². The molecule has 0 spiro atoms. The zero-order valence-corrected chi connectivity index (χ0v) is 16.3. The third kappa shape index (κ3) is 4.03. The van der Waals surface area contributed by atoms with Crippen LogP contribution in [0.1, 0.15) is 37.8 Å². The fourth-order valence-corrected chi connectivity index (χ4v) is 2.96. The first-order valence-electron chi connectivity index (χ1n) is 8.92. The third-order valence-corrected chi connectivity index (χ3v) is 4.48. The van der Waals surface area contributed by atoms with E-state index in [0.717, 1.165) is 0 Å². The molecule has 1 unspecified atom stereocenters. The number of aryl methyl sites for hydroxylation is 2. The summed E-state index contributed by atoms with van der Waals surface area (Å²) < 4.78 is 11.9. The quantitative estimate of drug-likeness (QED) is 0.742. The minimum atomic E-state index is -0.887. The molecule has 0 amide bonds. The van der Waals surface area contributed by atoms with Gasteiger partial charge in [-0.1, -0.05) is 38.1 Å². The topological polar surface area (TPSA) is 90.4 Å². The predicted octanol–water partition coefficient (Wildman–Crippen LogP) is 2.74. The summed E-state index contributed by atoms with van der Waals surface area (Å²) in [7, 11) is 0. The molecule has 0 fully saturated rings. The van der Waals surface area contributed by atoms with E-state index in [9.17, 15) is 9.90 Å². The minimum Gasteiger partial charge on any atom is -0.491 e. The van der Waals surface area contributed by atoms with Gasteiger partial charge >= 0.3 is 0 Å². The molecule has 7 nitrogen and oxygen atoms in total. The van der Waals surface area contributed by atoms with E-state index in [2.05, 4.69) is 31.0 Å². The monoisotopic (exact) mass is 371 g/mol. The molecular weight excluding hydrogens is 346 g/mol. The highest BCUT2D eigenvalue weighted by molar-refractivity contribution is 5.81. The molecule has 27 heavy (non-hydrogen) atoms. The summed E-state index contributed by atoms with van der Waals surface area (Å²) in [4.78, 5) is 12.5. The van der Waals surface area contributed by atoms with Crippen molar-refractivity contribution in [3.63, 3.8) is 0 Å². The highest BCUT2D eigenvalue weighted by Gasteiger charge is 2.17. The fraction of sp³-hybridized carbons (Fsp3) is 0.450. The molecule has 2 aromatic heterocycles. The summed E-state index contributed by atoms with van der Waals surface area (Å²) in [6, 6.07) is 7.79. The first-order chi connectivity index (χ1) is 12.7. The van der Waals surface area contributed by atoms with Crippen LogP contribution in [-0.2, 0) is 12.0 Å². The second kappa shape index (κ2) is 7.15. The predicted molar refractivity (Wildman–Crippen MR) is 102 cm³/mol. The van der Waals surface area contributed by atoms with Crippen LogP contribution in [-0.4, -0.2) is 32.8 Å². The van der Waals surface area contributed by atoms with Crippen molar-refractivity contribution in [3.05, 3.63) is 51.6 Å². The van der Waals surface area contributed by atoms with Crippen molar-refractivity contribution in [2.24, 2.45) is 0 Å². The Morgan fingerprint density at radius 2 is 1.89 bits per heavy atom. The van der Waals surface area contributed by atoms with E-state index >= 15 is 0 Å². The van der Waals surface area contributed by atoms with Gasteiger partial charge in [0.15, 0.2) is 5.52 Å². The lowest BCUT2D eigenvalue weighted by Gasteiger charge is -2.19. The summed E-state index contributed by atoms with van der Waals surface area (Å²) >= 11 is 0. The van der Waals surface area contributed by atoms with Gasteiger partial charge < -0.3 is 14.4 Å². The molecule has 2 heterocycles. The van der Waals surface area contributed by atoms with Crippen molar-refractivity contribution in [1.29, 1.82) is 0 Å². The van der Waals surface area contributed by atoms with Crippen LogP contribution < -0.4 is 10.3 Å². The van der Waals surface area contributed by atoms with Gasteiger partial charge in [-0.25, -0.2) is 4.68 Å². The van der Waals surface area contributed by atoms with Gasteiger partial charge in [-0.2, -0.15) is 5.10 Å². The zero-order chi connectivity index (χ0) is 19.8. The number of aromatic nitrogens is 3. The van der Waals surface area contributed by atoms with E-state index in [1.165, 1.54) is 10.2 Å². The fourth-order valence-electron chi connectivity index (χ4n) is 2.96. The van der Waals surface area contributed by atoms with Gasteiger partial charge in [0.05, 0.1) is 17.6 Å². The Hall–Kier alpha value is -2.67. The summed E-state index contributed by atoms with van der Waals surface area (Å²) in [6.45, 7) is 10.0. The number of rotatable bonds is 5.